The predicted octanol–water partition coefficient (Wildman–Crippen LogP) is 2.91. The van der Waals surface area contributed by atoms with Crippen molar-refractivity contribution in [1.82, 2.24) is 0 Å². The molecule has 0 unspecified atom stereocenters. The molecule has 4 N–H and O–H groups in total. The maximum absolute atomic E-state index is 12.4. The highest BCUT2D eigenvalue weighted by Crippen LogP contribution is 2.27. The number of Topliss-reactive ketones (excluding diaryl/α,β-unsaturated/α-hetero) is 1. The van der Waals surface area contributed by atoms with Crippen LogP contribution in [-0.2, 0) is 9.59 Å². The second-order valence-corrected chi connectivity index (χ2v) is 6.76. The van der Waals surface area contributed by atoms with Crippen LogP contribution in [0.25, 0.3) is 0 Å². The third kappa shape index (κ3) is 5.63. The van der Waals surface area contributed by atoms with E-state index in [-0.39, 0.29) is 17.4 Å². The number of para-hydroxylation sites is 1. The standard InChI is InChI=1S/C19H21N3O3S/c1-12(19(25)22-15-9-7-14(8-10-15)13(2)23)21-16-5-3-4-6-17(16)26-11-18(20)24/h3-10,12,21H,11H2,1-2H3,(H2,20,24)(H,22,25)/t12-/m1/s1. The van der Waals surface area contributed by atoms with Crippen molar-refractivity contribution in [3.63, 3.8) is 0 Å². The van der Waals surface area contributed by atoms with Crippen LogP contribution in [0.3, 0.4) is 0 Å². The van der Waals surface area contributed by atoms with Crippen molar-refractivity contribution < 1.29 is 14.4 Å². The van der Waals surface area contributed by atoms with E-state index >= 15 is 0 Å². The number of nitrogens with one attached hydrogen (secondary N) is 2. The molecule has 2 amide bonds. The van der Waals surface area contributed by atoms with Crippen LogP contribution < -0.4 is 16.4 Å². The number of carbonyl (C=O) groups is 3. The minimum absolute atomic E-state index is 0.0250. The molecule has 2 aromatic carbocycles. The van der Waals surface area contributed by atoms with Gasteiger partial charge in [0, 0.05) is 21.8 Å². The Bertz CT molecular complexity index is 806. The largest absolute Gasteiger partial charge is 0.373 e. The number of anilines is 2. The zero-order chi connectivity index (χ0) is 19.1. The van der Waals surface area contributed by atoms with Crippen LogP contribution in [-0.4, -0.2) is 29.4 Å². The smallest absolute Gasteiger partial charge is 0.246 e. The summed E-state index contributed by atoms with van der Waals surface area (Å²) in [6.45, 7) is 3.24. The molecule has 2 aromatic rings. The molecule has 0 spiro atoms. The molecule has 0 bridgehead atoms. The molecule has 1 atom stereocenters. The molecule has 0 fully saturated rings. The van der Waals surface area contributed by atoms with Gasteiger partial charge in [0.2, 0.25) is 11.8 Å². The number of rotatable bonds is 8. The molecular weight excluding hydrogens is 350 g/mol. The molecular formula is C19H21N3O3S. The van der Waals surface area contributed by atoms with E-state index in [9.17, 15) is 14.4 Å². The molecule has 0 heterocycles. The summed E-state index contributed by atoms with van der Waals surface area (Å²) in [7, 11) is 0. The Balaban J connectivity index is 2.00. The van der Waals surface area contributed by atoms with Crippen molar-refractivity contribution in [3.05, 3.63) is 54.1 Å². The van der Waals surface area contributed by atoms with E-state index in [1.807, 2.05) is 24.3 Å². The van der Waals surface area contributed by atoms with Crippen LogP contribution in [0, 0.1) is 0 Å². The normalized spacial score (nSPS) is 11.5. The van der Waals surface area contributed by atoms with Crippen LogP contribution in [0.5, 0.6) is 0 Å². The summed E-state index contributed by atoms with van der Waals surface area (Å²) in [4.78, 5) is 35.5. The number of hydrogen-bond donors (Lipinski definition) is 3. The average Bonchev–Trinajstić information content (AvgIpc) is 2.61. The Hall–Kier alpha value is -2.80. The van der Waals surface area contributed by atoms with Gasteiger partial charge in [0.25, 0.3) is 0 Å². The van der Waals surface area contributed by atoms with Gasteiger partial charge >= 0.3 is 0 Å². The van der Waals surface area contributed by atoms with Gasteiger partial charge in [-0.25, -0.2) is 0 Å². The average molecular weight is 371 g/mol. The molecule has 6 nitrogen and oxygen atoms in total. The fourth-order valence-electron chi connectivity index (χ4n) is 2.20. The van der Waals surface area contributed by atoms with E-state index in [0.717, 1.165) is 10.6 Å². The number of primary amides is 1. The topological polar surface area (TPSA) is 101 Å². The SMILES string of the molecule is CC(=O)c1ccc(NC(=O)[C@@H](C)Nc2ccccc2SCC(N)=O)cc1. The summed E-state index contributed by atoms with van der Waals surface area (Å²) < 4.78 is 0. The summed E-state index contributed by atoms with van der Waals surface area (Å²) in [5.74, 6) is -0.468. The lowest BCUT2D eigenvalue weighted by Gasteiger charge is -2.17. The molecule has 26 heavy (non-hydrogen) atoms. The van der Waals surface area contributed by atoms with Crippen molar-refractivity contribution in [2.45, 2.75) is 24.8 Å². The minimum Gasteiger partial charge on any atom is -0.373 e. The minimum atomic E-state index is -0.502. The van der Waals surface area contributed by atoms with Gasteiger partial charge in [-0.1, -0.05) is 12.1 Å². The van der Waals surface area contributed by atoms with Gasteiger partial charge in [0.1, 0.15) is 6.04 Å². The fourth-order valence-corrected chi connectivity index (χ4v) is 2.95. The second-order valence-electron chi connectivity index (χ2n) is 5.74. The summed E-state index contributed by atoms with van der Waals surface area (Å²) in [6, 6.07) is 13.6. The number of thioether (sulfide) groups is 1. The van der Waals surface area contributed by atoms with Crippen LogP contribution in [0.4, 0.5) is 11.4 Å². The lowest BCUT2D eigenvalue weighted by Crippen LogP contribution is -2.32. The third-order valence-electron chi connectivity index (χ3n) is 3.58. The Morgan fingerprint density at radius 2 is 1.73 bits per heavy atom. The lowest BCUT2D eigenvalue weighted by atomic mass is 10.1. The van der Waals surface area contributed by atoms with Gasteiger partial charge in [-0.2, -0.15) is 0 Å². The number of hydrogen-bond acceptors (Lipinski definition) is 5. The Morgan fingerprint density at radius 3 is 2.35 bits per heavy atom. The van der Waals surface area contributed by atoms with Gasteiger partial charge in [-0.05, 0) is 50.2 Å². The third-order valence-corrected chi connectivity index (χ3v) is 4.68. The first-order valence-corrected chi connectivity index (χ1v) is 9.04. The first kappa shape index (κ1) is 19.5. The van der Waals surface area contributed by atoms with Crippen LogP contribution in [0.2, 0.25) is 0 Å². The Labute approximate surface area is 156 Å². The van der Waals surface area contributed by atoms with Crippen LogP contribution in [0.1, 0.15) is 24.2 Å². The number of ketones is 1. The highest BCUT2D eigenvalue weighted by atomic mass is 32.2. The molecule has 0 aliphatic carbocycles. The quantitative estimate of drug-likeness (QED) is 0.489. The highest BCUT2D eigenvalue weighted by molar-refractivity contribution is 8.00. The first-order valence-electron chi connectivity index (χ1n) is 8.05. The second kappa shape index (κ2) is 9.05. The molecule has 2 rings (SSSR count). The van der Waals surface area contributed by atoms with Crippen molar-refractivity contribution in [2.75, 3.05) is 16.4 Å². The molecule has 0 aromatic heterocycles. The molecule has 0 saturated carbocycles. The Morgan fingerprint density at radius 1 is 1.08 bits per heavy atom. The molecule has 136 valence electrons. The maximum atomic E-state index is 12.4. The summed E-state index contributed by atoms with van der Waals surface area (Å²) in [5.41, 5.74) is 7.16. The van der Waals surface area contributed by atoms with Crippen molar-refractivity contribution >= 4 is 40.7 Å². The first-order chi connectivity index (χ1) is 12.4. The number of carbonyl (C=O) groups excluding carboxylic acids is 3. The van der Waals surface area contributed by atoms with Gasteiger partial charge in [-0.3, -0.25) is 14.4 Å². The summed E-state index contributed by atoms with van der Waals surface area (Å²) in [5, 5.41) is 5.95. The van der Waals surface area contributed by atoms with E-state index in [0.29, 0.717) is 11.3 Å². The molecule has 0 aliphatic rings. The predicted molar refractivity (Wildman–Crippen MR) is 105 cm³/mol. The van der Waals surface area contributed by atoms with Gasteiger partial charge in [0.05, 0.1) is 5.75 Å². The van der Waals surface area contributed by atoms with E-state index in [1.54, 1.807) is 31.2 Å². The van der Waals surface area contributed by atoms with E-state index in [1.165, 1.54) is 18.7 Å². The summed E-state index contributed by atoms with van der Waals surface area (Å²) in [6.07, 6.45) is 0. The fraction of sp³-hybridized carbons (Fsp3) is 0.211. The van der Waals surface area contributed by atoms with E-state index in [2.05, 4.69) is 10.6 Å². The van der Waals surface area contributed by atoms with Crippen molar-refractivity contribution in [3.8, 4) is 0 Å². The van der Waals surface area contributed by atoms with E-state index < -0.39 is 11.9 Å². The molecule has 7 heteroatoms. The van der Waals surface area contributed by atoms with E-state index in [4.69, 9.17) is 5.73 Å². The van der Waals surface area contributed by atoms with Crippen LogP contribution >= 0.6 is 11.8 Å². The van der Waals surface area contributed by atoms with Crippen LogP contribution in [0.15, 0.2) is 53.4 Å². The summed E-state index contributed by atoms with van der Waals surface area (Å²) >= 11 is 1.32. The highest BCUT2D eigenvalue weighted by Gasteiger charge is 2.15. The molecule has 0 saturated heterocycles. The van der Waals surface area contributed by atoms with Gasteiger partial charge in [0.15, 0.2) is 5.78 Å². The number of amides is 2. The molecule has 0 aliphatic heterocycles. The zero-order valence-electron chi connectivity index (χ0n) is 14.6. The Kier molecular flexibility index (Phi) is 6.80. The van der Waals surface area contributed by atoms with Gasteiger partial charge in [-0.15, -0.1) is 11.8 Å². The van der Waals surface area contributed by atoms with Gasteiger partial charge < -0.3 is 16.4 Å². The maximum Gasteiger partial charge on any atom is 0.246 e. The van der Waals surface area contributed by atoms with Crippen molar-refractivity contribution in [2.24, 2.45) is 5.73 Å². The lowest BCUT2D eigenvalue weighted by molar-refractivity contribution is -0.117. The number of benzene rings is 2. The van der Waals surface area contributed by atoms with Crippen molar-refractivity contribution in [1.29, 1.82) is 0 Å². The molecule has 0 radical (unpaired) electrons. The zero-order valence-corrected chi connectivity index (χ0v) is 15.4. The number of nitrogens with two attached hydrogens (primary N) is 1. The monoisotopic (exact) mass is 371 g/mol.